The van der Waals surface area contributed by atoms with Gasteiger partial charge in [-0.3, -0.25) is 0 Å². The Kier molecular flexibility index (Phi) is 1.66. The minimum atomic E-state index is 0.947. The molecule has 0 heterocycles. The molecule has 0 aromatic rings. The molecule has 0 radical (unpaired) electrons. The molecule has 0 aromatic carbocycles. The smallest absolute Gasteiger partial charge is 0.0173 e. The van der Waals surface area contributed by atoms with Crippen LogP contribution in [-0.4, -0.2) is 0 Å². The van der Waals surface area contributed by atoms with Crippen LogP contribution in [0.3, 0.4) is 0 Å². The Balaban J connectivity index is 1.45. The summed E-state index contributed by atoms with van der Waals surface area (Å²) in [7, 11) is 0. The number of rotatable bonds is 0. The van der Waals surface area contributed by atoms with E-state index in [-0.39, 0.29) is 0 Å². The SMILES string of the molecule is CC1C(C)C2CC3C2C1CCC1CCC2CC4C2C134. The third kappa shape index (κ3) is 0.889. The lowest BCUT2D eigenvalue weighted by molar-refractivity contribution is -0.0297. The van der Waals surface area contributed by atoms with Gasteiger partial charge in [0, 0.05) is 0 Å². The molecule has 6 fully saturated rings. The maximum Gasteiger partial charge on any atom is -0.0173 e. The molecule has 6 rings (SSSR count). The predicted molar refractivity (Wildman–Crippen MR) is 76.4 cm³/mol. The van der Waals surface area contributed by atoms with E-state index in [1.165, 1.54) is 35.5 Å². The second kappa shape index (κ2) is 2.95. The van der Waals surface area contributed by atoms with Crippen molar-refractivity contribution in [3.8, 4) is 0 Å². The van der Waals surface area contributed by atoms with E-state index in [1.54, 1.807) is 38.5 Å². The van der Waals surface area contributed by atoms with E-state index in [0.29, 0.717) is 0 Å². The first-order valence-corrected chi connectivity index (χ1v) is 9.24. The van der Waals surface area contributed by atoms with Crippen LogP contribution in [0.1, 0.15) is 52.4 Å². The monoisotopic (exact) mass is 256 g/mol. The summed E-state index contributed by atoms with van der Waals surface area (Å²) in [5.41, 5.74) is 0.947. The molecule has 0 saturated heterocycles. The molecule has 11 unspecified atom stereocenters. The van der Waals surface area contributed by atoms with E-state index < -0.39 is 0 Å². The van der Waals surface area contributed by atoms with Gasteiger partial charge in [-0.05, 0) is 103 Å². The largest absolute Gasteiger partial charge is 0.0620 e. The quantitative estimate of drug-likeness (QED) is 0.594. The molecule has 11 atom stereocenters. The van der Waals surface area contributed by atoms with Gasteiger partial charge < -0.3 is 0 Å². The molecule has 0 aliphatic heterocycles. The standard InChI is InChI=1S/C19H28/c1-9-10(2)14-8-15-17(14)13(9)6-5-12-4-3-11-7-16-18(11)19(12,15)16/h9-18H,3-8H2,1-2H3. The van der Waals surface area contributed by atoms with Crippen LogP contribution in [0, 0.1) is 64.6 Å². The molecule has 6 aliphatic carbocycles. The van der Waals surface area contributed by atoms with Crippen molar-refractivity contribution in [1.82, 2.24) is 0 Å². The van der Waals surface area contributed by atoms with Gasteiger partial charge in [0.1, 0.15) is 0 Å². The molecule has 19 heavy (non-hydrogen) atoms. The lowest BCUT2D eigenvalue weighted by atomic mass is 9.54. The topological polar surface area (TPSA) is 0 Å². The summed E-state index contributed by atoms with van der Waals surface area (Å²) < 4.78 is 0. The fourth-order valence-corrected chi connectivity index (χ4v) is 9.06. The Labute approximate surface area is 117 Å². The van der Waals surface area contributed by atoms with Gasteiger partial charge in [-0.1, -0.05) is 13.8 Å². The second-order valence-corrected chi connectivity index (χ2v) is 9.45. The zero-order valence-corrected chi connectivity index (χ0v) is 12.5. The van der Waals surface area contributed by atoms with Gasteiger partial charge in [0.05, 0.1) is 0 Å². The molecule has 0 bridgehead atoms. The van der Waals surface area contributed by atoms with E-state index in [0.717, 1.165) is 29.1 Å². The fraction of sp³-hybridized carbons (Fsp3) is 1.00. The summed E-state index contributed by atoms with van der Waals surface area (Å²) in [6.07, 6.45) is 9.79. The Hall–Kier alpha value is 0. The average Bonchev–Trinajstić information content (AvgIpc) is 2.91. The van der Waals surface area contributed by atoms with Crippen LogP contribution >= 0.6 is 0 Å². The molecular formula is C19H28. The lowest BCUT2D eigenvalue weighted by Gasteiger charge is -2.51. The van der Waals surface area contributed by atoms with Crippen LogP contribution in [-0.2, 0) is 0 Å². The summed E-state index contributed by atoms with van der Waals surface area (Å²) in [5.74, 6) is 11.7. The highest BCUT2D eigenvalue weighted by atomic mass is 14.9. The Morgan fingerprint density at radius 3 is 2.47 bits per heavy atom. The van der Waals surface area contributed by atoms with Gasteiger partial charge in [0.25, 0.3) is 0 Å². The highest BCUT2D eigenvalue weighted by Crippen LogP contribution is 2.88. The molecule has 0 nitrogen and oxygen atoms in total. The molecular weight excluding hydrogens is 228 g/mol. The summed E-state index contributed by atoms with van der Waals surface area (Å²) in [6, 6.07) is 0. The van der Waals surface area contributed by atoms with Crippen molar-refractivity contribution in [2.45, 2.75) is 52.4 Å². The van der Waals surface area contributed by atoms with E-state index in [2.05, 4.69) is 13.8 Å². The molecule has 0 aromatic heterocycles. The number of hydrogen-bond acceptors (Lipinski definition) is 0. The van der Waals surface area contributed by atoms with Crippen molar-refractivity contribution in [2.75, 3.05) is 0 Å². The first-order chi connectivity index (χ1) is 9.24. The van der Waals surface area contributed by atoms with Crippen LogP contribution < -0.4 is 0 Å². The van der Waals surface area contributed by atoms with Crippen LogP contribution in [0.15, 0.2) is 0 Å². The molecule has 1 spiro atoms. The molecule has 6 saturated carbocycles. The minimum Gasteiger partial charge on any atom is -0.0620 e. The summed E-state index contributed by atoms with van der Waals surface area (Å²) in [6.45, 7) is 5.18. The zero-order valence-electron chi connectivity index (χ0n) is 12.5. The van der Waals surface area contributed by atoms with Gasteiger partial charge in [-0.25, -0.2) is 0 Å². The fourth-order valence-electron chi connectivity index (χ4n) is 9.06. The molecule has 6 aliphatic rings. The van der Waals surface area contributed by atoms with Crippen molar-refractivity contribution >= 4 is 0 Å². The van der Waals surface area contributed by atoms with Crippen LogP contribution in [0.4, 0.5) is 0 Å². The highest BCUT2D eigenvalue weighted by Gasteiger charge is 2.83. The minimum absolute atomic E-state index is 0.947. The van der Waals surface area contributed by atoms with Crippen molar-refractivity contribution in [3.63, 3.8) is 0 Å². The maximum absolute atomic E-state index is 2.60. The summed E-state index contributed by atoms with van der Waals surface area (Å²) in [5, 5.41) is 0. The van der Waals surface area contributed by atoms with Gasteiger partial charge in [0.15, 0.2) is 0 Å². The van der Waals surface area contributed by atoms with Gasteiger partial charge >= 0.3 is 0 Å². The van der Waals surface area contributed by atoms with Crippen LogP contribution in [0.5, 0.6) is 0 Å². The average molecular weight is 256 g/mol. The normalized spacial score (nSPS) is 74.8. The summed E-state index contributed by atoms with van der Waals surface area (Å²) in [4.78, 5) is 0. The Morgan fingerprint density at radius 1 is 0.789 bits per heavy atom. The van der Waals surface area contributed by atoms with Crippen molar-refractivity contribution in [3.05, 3.63) is 0 Å². The van der Waals surface area contributed by atoms with Gasteiger partial charge in [0.2, 0.25) is 0 Å². The lowest BCUT2D eigenvalue weighted by Crippen LogP contribution is -2.45. The first kappa shape index (κ1) is 10.7. The molecule has 104 valence electrons. The zero-order chi connectivity index (χ0) is 12.5. The Bertz CT molecular complexity index is 453. The third-order valence-corrected chi connectivity index (χ3v) is 9.85. The van der Waals surface area contributed by atoms with Gasteiger partial charge in [-0.15, -0.1) is 0 Å². The van der Waals surface area contributed by atoms with E-state index in [1.807, 2.05) is 0 Å². The second-order valence-electron chi connectivity index (χ2n) is 9.45. The highest BCUT2D eigenvalue weighted by molar-refractivity contribution is 5.30. The van der Waals surface area contributed by atoms with Crippen molar-refractivity contribution < 1.29 is 0 Å². The molecule has 0 amide bonds. The number of hydrogen-bond donors (Lipinski definition) is 0. The van der Waals surface area contributed by atoms with Crippen LogP contribution in [0.2, 0.25) is 0 Å². The van der Waals surface area contributed by atoms with E-state index in [4.69, 9.17) is 0 Å². The Morgan fingerprint density at radius 2 is 1.58 bits per heavy atom. The van der Waals surface area contributed by atoms with Gasteiger partial charge in [-0.2, -0.15) is 0 Å². The predicted octanol–water partition coefficient (Wildman–Crippen LogP) is 4.60. The molecule has 0 heteroatoms. The third-order valence-electron chi connectivity index (χ3n) is 9.85. The van der Waals surface area contributed by atoms with Crippen LogP contribution in [0.25, 0.3) is 0 Å². The molecule has 0 N–H and O–H groups in total. The van der Waals surface area contributed by atoms with E-state index in [9.17, 15) is 0 Å². The summed E-state index contributed by atoms with van der Waals surface area (Å²) >= 11 is 0. The maximum atomic E-state index is 2.60. The van der Waals surface area contributed by atoms with E-state index >= 15 is 0 Å². The van der Waals surface area contributed by atoms with Crippen molar-refractivity contribution in [2.24, 2.45) is 64.6 Å². The first-order valence-electron chi connectivity index (χ1n) is 9.24. The van der Waals surface area contributed by atoms with Crippen molar-refractivity contribution in [1.29, 1.82) is 0 Å².